The van der Waals surface area contributed by atoms with Gasteiger partial charge in [0.25, 0.3) is 0 Å². The van der Waals surface area contributed by atoms with E-state index in [-0.39, 0.29) is 0 Å². The van der Waals surface area contributed by atoms with E-state index in [9.17, 15) is 0 Å². The van der Waals surface area contributed by atoms with Gasteiger partial charge in [0.15, 0.2) is 0 Å². The lowest BCUT2D eigenvalue weighted by molar-refractivity contribution is 0.0738. The summed E-state index contributed by atoms with van der Waals surface area (Å²) in [6, 6.07) is 0. The Morgan fingerprint density at radius 1 is 0.704 bits per heavy atom. The lowest BCUT2D eigenvalue weighted by Crippen LogP contribution is -2.44. The molecule has 1 rings (SSSR count). The van der Waals surface area contributed by atoms with Crippen LogP contribution in [0.5, 0.6) is 0 Å². The molecule has 1 saturated heterocycles. The highest BCUT2D eigenvalue weighted by Gasteiger charge is 2.24. The average Bonchev–Trinajstić information content (AvgIpc) is 2.57. The molecule has 0 aromatic heterocycles. The van der Waals surface area contributed by atoms with Gasteiger partial charge in [0.1, 0.15) is 0 Å². The van der Waals surface area contributed by atoms with Crippen molar-refractivity contribution in [3.8, 4) is 0 Å². The molecule has 1 N–H and O–H groups in total. The first-order chi connectivity index (χ1) is 12.5. The molecule has 1 fully saturated rings. The van der Waals surface area contributed by atoms with Crippen molar-refractivity contribution in [2.75, 3.05) is 45.9 Å². The van der Waals surface area contributed by atoms with Crippen molar-refractivity contribution in [3.63, 3.8) is 0 Å². The van der Waals surface area contributed by atoms with Crippen molar-refractivity contribution in [3.05, 3.63) is 0 Å². The van der Waals surface area contributed by atoms with Gasteiger partial charge in [-0.2, -0.15) is 0 Å². The topological polar surface area (TPSA) is 24.5 Å². The Kier molecular flexibility index (Phi) is 10.9. The van der Waals surface area contributed by atoms with Crippen LogP contribution in [0.4, 0.5) is 0 Å². The van der Waals surface area contributed by atoms with Gasteiger partial charge in [0.05, 0.1) is 6.61 Å². The minimum Gasteiger partial charge on any atom is -0.380 e. The summed E-state index contributed by atoms with van der Waals surface area (Å²) in [7, 11) is 0. The Hall–Kier alpha value is -0.120. The molecule has 0 radical (unpaired) electrons. The number of piperazine rings is 1. The van der Waals surface area contributed by atoms with E-state index >= 15 is 0 Å². The Bertz CT molecular complexity index is 378. The van der Waals surface area contributed by atoms with Crippen molar-refractivity contribution in [2.24, 2.45) is 16.2 Å². The molecule has 0 bridgehead atoms. The van der Waals surface area contributed by atoms with Crippen LogP contribution < -0.4 is 5.32 Å². The zero-order valence-electron chi connectivity index (χ0n) is 19.8. The molecule has 1 aliphatic heterocycles. The van der Waals surface area contributed by atoms with Crippen LogP contribution in [0.3, 0.4) is 0 Å². The molecule has 0 spiro atoms. The third kappa shape index (κ3) is 13.7. The number of nitrogens with one attached hydrogen (secondary N) is 1. The van der Waals surface area contributed by atoms with E-state index in [0.29, 0.717) is 16.2 Å². The molecule has 0 aliphatic carbocycles. The number of ether oxygens (including phenoxy) is 1. The SMILES string of the molecule is CC(C)(C)CCCCC(C)(C)CCC(C)(C)CCOCCN1CCNCC1. The van der Waals surface area contributed by atoms with Crippen LogP contribution >= 0.6 is 0 Å². The van der Waals surface area contributed by atoms with E-state index in [0.717, 1.165) is 32.8 Å². The molecular weight excluding hydrogens is 332 g/mol. The second kappa shape index (κ2) is 11.8. The quantitative estimate of drug-likeness (QED) is 0.411. The third-order valence-corrected chi connectivity index (χ3v) is 6.19. The summed E-state index contributed by atoms with van der Waals surface area (Å²) < 4.78 is 5.95. The summed E-state index contributed by atoms with van der Waals surface area (Å²) in [6.07, 6.45) is 9.27. The van der Waals surface area contributed by atoms with Gasteiger partial charge < -0.3 is 10.1 Å². The summed E-state index contributed by atoms with van der Waals surface area (Å²) in [6.45, 7) is 24.3. The Labute approximate surface area is 171 Å². The van der Waals surface area contributed by atoms with Crippen LogP contribution in [0, 0.1) is 16.2 Å². The van der Waals surface area contributed by atoms with Gasteiger partial charge in [0.2, 0.25) is 0 Å². The van der Waals surface area contributed by atoms with Crippen LogP contribution in [0.15, 0.2) is 0 Å². The second-order valence-corrected chi connectivity index (χ2v) is 11.6. The van der Waals surface area contributed by atoms with E-state index in [1.54, 1.807) is 0 Å². The van der Waals surface area contributed by atoms with Crippen molar-refractivity contribution < 1.29 is 4.74 Å². The largest absolute Gasteiger partial charge is 0.380 e. The fourth-order valence-electron chi connectivity index (χ4n) is 3.76. The van der Waals surface area contributed by atoms with Crippen molar-refractivity contribution >= 4 is 0 Å². The fourth-order valence-corrected chi connectivity index (χ4v) is 3.76. The minimum atomic E-state index is 0.387. The van der Waals surface area contributed by atoms with E-state index in [2.05, 4.69) is 58.7 Å². The monoisotopic (exact) mass is 382 g/mol. The molecule has 0 saturated carbocycles. The number of nitrogens with zero attached hydrogens (tertiary/aromatic N) is 1. The predicted molar refractivity (Wildman–Crippen MR) is 119 cm³/mol. The molecule has 0 unspecified atom stereocenters. The van der Waals surface area contributed by atoms with E-state index in [1.807, 2.05) is 0 Å². The Balaban J connectivity index is 2.11. The van der Waals surface area contributed by atoms with Crippen molar-refractivity contribution in [1.82, 2.24) is 10.2 Å². The highest BCUT2D eigenvalue weighted by Crippen LogP contribution is 2.36. The van der Waals surface area contributed by atoms with Gasteiger partial charge in [-0.15, -0.1) is 0 Å². The highest BCUT2D eigenvalue weighted by molar-refractivity contribution is 4.76. The van der Waals surface area contributed by atoms with Gasteiger partial charge in [-0.05, 0) is 48.3 Å². The molecule has 3 heteroatoms. The highest BCUT2D eigenvalue weighted by atomic mass is 16.5. The molecule has 0 amide bonds. The lowest BCUT2D eigenvalue weighted by Gasteiger charge is -2.32. The molecule has 27 heavy (non-hydrogen) atoms. The zero-order chi connectivity index (χ0) is 20.4. The fraction of sp³-hybridized carbons (Fsp3) is 1.00. The first-order valence-corrected chi connectivity index (χ1v) is 11.5. The number of hydrogen-bond donors (Lipinski definition) is 1. The maximum Gasteiger partial charge on any atom is 0.0593 e. The Morgan fingerprint density at radius 2 is 1.26 bits per heavy atom. The summed E-state index contributed by atoms with van der Waals surface area (Å²) in [5, 5.41) is 3.40. The predicted octanol–water partition coefficient (Wildman–Crippen LogP) is 5.74. The number of unbranched alkanes of at least 4 members (excludes halogenated alkanes) is 1. The van der Waals surface area contributed by atoms with E-state index < -0.39 is 0 Å². The van der Waals surface area contributed by atoms with Crippen LogP contribution in [-0.4, -0.2) is 50.8 Å². The maximum atomic E-state index is 5.95. The molecule has 162 valence electrons. The summed E-state index contributed by atoms with van der Waals surface area (Å²) in [5.74, 6) is 0. The third-order valence-electron chi connectivity index (χ3n) is 6.19. The summed E-state index contributed by atoms with van der Waals surface area (Å²) >= 11 is 0. The van der Waals surface area contributed by atoms with E-state index in [1.165, 1.54) is 58.0 Å². The minimum absolute atomic E-state index is 0.387. The van der Waals surface area contributed by atoms with E-state index in [4.69, 9.17) is 4.74 Å². The van der Waals surface area contributed by atoms with Gasteiger partial charge in [-0.1, -0.05) is 61.3 Å². The molecular formula is C24H50N2O. The molecule has 0 atom stereocenters. The number of hydrogen-bond acceptors (Lipinski definition) is 3. The van der Waals surface area contributed by atoms with Crippen molar-refractivity contribution in [2.45, 2.75) is 93.4 Å². The Morgan fingerprint density at radius 3 is 1.85 bits per heavy atom. The van der Waals surface area contributed by atoms with Crippen LogP contribution in [0.2, 0.25) is 0 Å². The van der Waals surface area contributed by atoms with Crippen LogP contribution in [-0.2, 0) is 4.74 Å². The van der Waals surface area contributed by atoms with Crippen molar-refractivity contribution in [1.29, 1.82) is 0 Å². The van der Waals surface area contributed by atoms with Gasteiger partial charge in [-0.25, -0.2) is 0 Å². The first kappa shape index (κ1) is 24.9. The lowest BCUT2D eigenvalue weighted by atomic mass is 9.75. The molecule has 0 aromatic carbocycles. The maximum absolute atomic E-state index is 5.95. The molecule has 0 aromatic rings. The summed E-state index contributed by atoms with van der Waals surface area (Å²) in [5.41, 5.74) is 1.34. The second-order valence-electron chi connectivity index (χ2n) is 11.6. The average molecular weight is 383 g/mol. The van der Waals surface area contributed by atoms with Crippen LogP contribution in [0.1, 0.15) is 93.4 Å². The normalized spacial score (nSPS) is 17.4. The molecule has 3 nitrogen and oxygen atoms in total. The van der Waals surface area contributed by atoms with Gasteiger partial charge >= 0.3 is 0 Å². The smallest absolute Gasteiger partial charge is 0.0593 e. The first-order valence-electron chi connectivity index (χ1n) is 11.5. The molecule has 1 aliphatic rings. The van der Waals surface area contributed by atoms with Crippen LogP contribution in [0.25, 0.3) is 0 Å². The zero-order valence-corrected chi connectivity index (χ0v) is 19.8. The van der Waals surface area contributed by atoms with Gasteiger partial charge in [0, 0.05) is 39.3 Å². The molecule has 1 heterocycles. The summed E-state index contributed by atoms with van der Waals surface area (Å²) in [4.78, 5) is 2.50. The standard InChI is InChI=1S/C24H50N2O/c1-22(2,3)10-8-9-11-23(4,5)12-13-24(6,7)14-20-27-21-19-26-17-15-25-16-18-26/h25H,8-21H2,1-7H3. The van der Waals surface area contributed by atoms with Gasteiger partial charge in [-0.3, -0.25) is 4.90 Å². The number of rotatable bonds is 13.